The van der Waals surface area contributed by atoms with Crippen LogP contribution >= 0.6 is 0 Å². The molecule has 0 fully saturated rings. The molecule has 0 rings (SSSR count). The maximum Gasteiger partial charge on any atom is 0.460 e. The lowest BCUT2D eigenvalue weighted by Gasteiger charge is -2.32. The van der Waals surface area contributed by atoms with E-state index in [0.717, 1.165) is 0 Å². The Balaban J connectivity index is 5.24. The first-order valence-corrected chi connectivity index (χ1v) is 3.71. The van der Waals surface area contributed by atoms with Gasteiger partial charge < -0.3 is 4.74 Å². The van der Waals surface area contributed by atoms with Crippen molar-refractivity contribution >= 4 is 0 Å². The molecule has 0 saturated heterocycles. The molecule has 0 amide bonds. The predicted octanol–water partition coefficient (Wildman–Crippen LogP) is 3.40. The Hall–Kier alpha value is -0.740. The summed E-state index contributed by atoms with van der Waals surface area (Å²) >= 11 is 0. The van der Waals surface area contributed by atoms with Crippen LogP contribution in [-0.2, 0) is 4.74 Å². The zero-order valence-electron chi connectivity index (χ0n) is 7.60. The quantitative estimate of drug-likeness (QED) is 0.702. The summed E-state index contributed by atoms with van der Waals surface area (Å²) in [5.41, 5.74) is 0. The number of hydrogen-bond acceptors (Lipinski definition) is 1. The predicted molar refractivity (Wildman–Crippen MR) is 32.8 cm³/mol. The normalized spacial score (nSPS) is 15.2. The molecule has 0 radical (unpaired) electrons. The summed E-state index contributed by atoms with van der Waals surface area (Å²) in [4.78, 5) is 0. The van der Waals surface area contributed by atoms with E-state index in [1.54, 1.807) is 0 Å². The van der Waals surface area contributed by atoms with Crippen LogP contribution in [0.4, 0.5) is 43.9 Å². The second kappa shape index (κ2) is 4.50. The van der Waals surface area contributed by atoms with Crippen molar-refractivity contribution in [2.24, 2.45) is 0 Å². The van der Waals surface area contributed by atoms with Gasteiger partial charge in [0.25, 0.3) is 0 Å². The van der Waals surface area contributed by atoms with Gasteiger partial charge in [-0.1, -0.05) is 0 Å². The minimum absolute atomic E-state index is 1.75. The fraction of sp³-hybridized carbons (Fsp3) is 1.00. The summed E-state index contributed by atoms with van der Waals surface area (Å²) < 4.78 is 122. The molecule has 0 aliphatic heterocycles. The van der Waals surface area contributed by atoms with Crippen molar-refractivity contribution in [1.29, 1.82) is 0 Å². The first-order valence-electron chi connectivity index (χ1n) is 3.71. The summed E-state index contributed by atoms with van der Waals surface area (Å²) in [5, 5.41) is 0. The number of halogens is 10. The van der Waals surface area contributed by atoms with Crippen molar-refractivity contribution in [3.63, 3.8) is 0 Å². The van der Waals surface area contributed by atoms with Crippen molar-refractivity contribution in [2.45, 2.75) is 24.1 Å². The van der Waals surface area contributed by atoms with E-state index in [1.165, 1.54) is 0 Å². The smallest absolute Gasteiger partial charge is 0.313 e. The molecule has 104 valence electrons. The van der Waals surface area contributed by atoms with Crippen molar-refractivity contribution in [3.05, 3.63) is 0 Å². The highest BCUT2D eigenvalue weighted by atomic mass is 19.4. The molecule has 0 aromatic carbocycles. The van der Waals surface area contributed by atoms with Gasteiger partial charge in [-0.05, 0) is 0 Å². The molecular formula is C6H4F10O. The Morgan fingerprint density at radius 1 is 0.706 bits per heavy atom. The number of ether oxygens (including phenoxy) is 1. The lowest BCUT2D eigenvalue weighted by Crippen LogP contribution is -2.61. The van der Waals surface area contributed by atoms with E-state index >= 15 is 0 Å². The average molecular weight is 282 g/mol. The van der Waals surface area contributed by atoms with Gasteiger partial charge in [0.2, 0.25) is 0 Å². The number of alkyl halides is 10. The number of hydrogen-bond donors (Lipinski definition) is 0. The largest absolute Gasteiger partial charge is 0.460 e. The van der Waals surface area contributed by atoms with Crippen molar-refractivity contribution in [3.8, 4) is 0 Å². The maximum atomic E-state index is 12.3. The minimum Gasteiger partial charge on any atom is -0.313 e. The number of rotatable bonds is 5. The van der Waals surface area contributed by atoms with E-state index in [4.69, 9.17) is 0 Å². The van der Waals surface area contributed by atoms with Gasteiger partial charge in [-0.25, -0.2) is 4.39 Å². The van der Waals surface area contributed by atoms with Crippen LogP contribution in [-0.4, -0.2) is 37.4 Å². The van der Waals surface area contributed by atoms with Crippen LogP contribution in [0.25, 0.3) is 0 Å². The molecule has 0 unspecified atom stereocenters. The summed E-state index contributed by atoms with van der Waals surface area (Å²) in [7, 11) is 0. The van der Waals surface area contributed by atoms with Gasteiger partial charge in [0.1, 0.15) is 6.67 Å². The molecule has 0 saturated carbocycles. The molecule has 0 spiro atoms. The van der Waals surface area contributed by atoms with Gasteiger partial charge >= 0.3 is 24.1 Å². The Bertz CT molecular complexity index is 256. The Kier molecular flexibility index (Phi) is 4.30. The first-order chi connectivity index (χ1) is 7.31. The fourth-order valence-corrected chi connectivity index (χ4v) is 0.618. The Morgan fingerprint density at radius 3 is 1.41 bits per heavy atom. The fourth-order valence-electron chi connectivity index (χ4n) is 0.618. The monoisotopic (exact) mass is 282 g/mol. The van der Waals surface area contributed by atoms with Crippen LogP contribution in [0.1, 0.15) is 0 Å². The van der Waals surface area contributed by atoms with E-state index in [1.807, 2.05) is 0 Å². The molecule has 0 atom stereocenters. The molecule has 11 heteroatoms. The van der Waals surface area contributed by atoms with E-state index in [2.05, 4.69) is 4.74 Å². The molecule has 0 aliphatic rings. The second-order valence-corrected chi connectivity index (χ2v) is 2.70. The summed E-state index contributed by atoms with van der Waals surface area (Å²) in [6.07, 6.45) is -13.1. The Morgan fingerprint density at radius 2 is 1.12 bits per heavy atom. The summed E-state index contributed by atoms with van der Waals surface area (Å²) in [6.45, 7) is -3.51. The van der Waals surface area contributed by atoms with Gasteiger partial charge in [0.05, 0.1) is 6.61 Å². The lowest BCUT2D eigenvalue weighted by atomic mass is 10.1. The molecule has 0 bridgehead atoms. The van der Waals surface area contributed by atoms with Crippen LogP contribution in [0.15, 0.2) is 0 Å². The zero-order valence-corrected chi connectivity index (χ0v) is 7.60. The highest BCUT2D eigenvalue weighted by Gasteiger charge is 2.82. The van der Waals surface area contributed by atoms with Crippen LogP contribution < -0.4 is 0 Å². The maximum absolute atomic E-state index is 12.3. The van der Waals surface area contributed by atoms with Crippen LogP contribution in [0.3, 0.4) is 0 Å². The van der Waals surface area contributed by atoms with Gasteiger partial charge in [0, 0.05) is 0 Å². The van der Waals surface area contributed by atoms with Gasteiger partial charge in [-0.3, -0.25) is 0 Å². The summed E-state index contributed by atoms with van der Waals surface area (Å²) in [6, 6.07) is 0. The third-order valence-electron chi connectivity index (χ3n) is 1.48. The average Bonchev–Trinajstić information content (AvgIpc) is 2.12. The lowest BCUT2D eigenvalue weighted by molar-refractivity contribution is -0.444. The molecule has 0 aliphatic carbocycles. The van der Waals surface area contributed by atoms with E-state index in [9.17, 15) is 43.9 Å². The second-order valence-electron chi connectivity index (χ2n) is 2.70. The SMILES string of the molecule is FCCOC(F)(F)C(F)(F)C(F)(F)C(F)(F)F. The van der Waals surface area contributed by atoms with Crippen LogP contribution in [0, 0.1) is 0 Å². The highest BCUT2D eigenvalue weighted by Crippen LogP contribution is 2.53. The van der Waals surface area contributed by atoms with Gasteiger partial charge in [-0.2, -0.15) is 39.5 Å². The van der Waals surface area contributed by atoms with Crippen molar-refractivity contribution in [1.82, 2.24) is 0 Å². The Labute approximate surface area is 87.3 Å². The standard InChI is InChI=1S/C6H4F10O/c7-1-2-17-6(15,16)4(10,11)3(8,9)5(12,13)14/h1-2H2. The van der Waals surface area contributed by atoms with Crippen LogP contribution in [0.5, 0.6) is 0 Å². The molecule has 0 N–H and O–H groups in total. The molecule has 0 heterocycles. The van der Waals surface area contributed by atoms with Crippen LogP contribution in [0.2, 0.25) is 0 Å². The van der Waals surface area contributed by atoms with Crippen molar-refractivity contribution in [2.75, 3.05) is 13.3 Å². The molecule has 1 nitrogen and oxygen atoms in total. The van der Waals surface area contributed by atoms with Gasteiger partial charge in [-0.15, -0.1) is 0 Å². The molecular weight excluding hydrogens is 278 g/mol. The molecule has 0 aromatic rings. The molecule has 17 heavy (non-hydrogen) atoms. The van der Waals surface area contributed by atoms with E-state index in [0.29, 0.717) is 0 Å². The third kappa shape index (κ3) is 2.75. The molecule has 0 aromatic heterocycles. The topological polar surface area (TPSA) is 9.23 Å². The minimum atomic E-state index is -7.01. The van der Waals surface area contributed by atoms with E-state index < -0.39 is 37.4 Å². The third-order valence-corrected chi connectivity index (χ3v) is 1.48. The highest BCUT2D eigenvalue weighted by molar-refractivity contribution is 4.96. The zero-order chi connectivity index (χ0) is 14.1. The first kappa shape index (κ1) is 16.3. The van der Waals surface area contributed by atoms with E-state index in [-0.39, 0.29) is 0 Å². The summed E-state index contributed by atoms with van der Waals surface area (Å²) in [5.74, 6) is -13.9. The van der Waals surface area contributed by atoms with Gasteiger partial charge in [0.15, 0.2) is 0 Å². The van der Waals surface area contributed by atoms with Crippen molar-refractivity contribution < 1.29 is 48.6 Å².